The van der Waals surface area contributed by atoms with Crippen molar-refractivity contribution in [2.45, 2.75) is 0 Å². The summed E-state index contributed by atoms with van der Waals surface area (Å²) in [5.74, 6) is 3.70. The molecule has 0 radical (unpaired) electrons. The molecule has 262 valence electrons. The first-order valence-corrected chi connectivity index (χ1v) is 19.2. The second kappa shape index (κ2) is 13.2. The zero-order valence-electron chi connectivity index (χ0n) is 29.8. The second-order valence-corrected chi connectivity index (χ2v) is 14.7. The summed E-state index contributed by atoms with van der Waals surface area (Å²) >= 11 is 1.75. The molecule has 7 nitrogen and oxygen atoms in total. The van der Waals surface area contributed by atoms with Crippen LogP contribution in [0.15, 0.2) is 170 Å². The van der Waals surface area contributed by atoms with E-state index in [1.165, 1.54) is 5.39 Å². The highest BCUT2D eigenvalue weighted by Gasteiger charge is 2.19. The van der Waals surface area contributed by atoms with Crippen LogP contribution in [0.5, 0.6) is 0 Å². The first-order valence-electron chi connectivity index (χ1n) is 18.4. The van der Waals surface area contributed by atoms with Crippen LogP contribution in [0.3, 0.4) is 0 Å². The topological polar surface area (TPSA) is 93.1 Å². The Morgan fingerprint density at radius 3 is 1.45 bits per heavy atom. The zero-order chi connectivity index (χ0) is 37.0. The lowest BCUT2D eigenvalue weighted by molar-refractivity contribution is 1.07. The van der Waals surface area contributed by atoms with Gasteiger partial charge in [-0.1, -0.05) is 133 Å². The summed E-state index contributed by atoms with van der Waals surface area (Å²) in [6.45, 7) is 0. The number of thiophene rings is 1. The molecule has 4 heterocycles. The first-order chi connectivity index (χ1) is 27.7. The minimum absolute atomic E-state index is 0.599. The van der Waals surface area contributed by atoms with Crippen molar-refractivity contribution >= 4 is 53.3 Å². The highest BCUT2D eigenvalue weighted by Crippen LogP contribution is 2.41. The predicted octanol–water partition coefficient (Wildman–Crippen LogP) is 12.1. The normalized spacial score (nSPS) is 11.6. The van der Waals surface area contributed by atoms with E-state index in [-0.39, 0.29) is 0 Å². The third-order valence-electron chi connectivity index (χ3n) is 10.1. The lowest BCUT2D eigenvalue weighted by atomic mass is 10.0. The van der Waals surface area contributed by atoms with Gasteiger partial charge in [-0.05, 0) is 36.4 Å². The number of para-hydroxylation sites is 1. The SMILES string of the molecule is c1ccc(-c2nc(-c3ccc4c(c3)[nH]c3ccccc34)nc(-c3ccc4sc5cccc(-c6nc(-c7ccccc7)nc(-c7ccccc7)n6)c5c4c3)n2)cc1. The lowest BCUT2D eigenvalue weighted by Crippen LogP contribution is -2.00. The van der Waals surface area contributed by atoms with Crippen LogP contribution >= 0.6 is 11.3 Å². The Hall–Kier alpha value is -7.42. The Morgan fingerprint density at radius 2 is 0.821 bits per heavy atom. The molecule has 0 unspecified atom stereocenters. The maximum absolute atomic E-state index is 5.14. The highest BCUT2D eigenvalue weighted by molar-refractivity contribution is 7.26. The number of rotatable bonds is 6. The molecule has 0 bridgehead atoms. The van der Waals surface area contributed by atoms with E-state index in [9.17, 15) is 0 Å². The zero-order valence-corrected chi connectivity index (χ0v) is 30.6. The summed E-state index contributed by atoms with van der Waals surface area (Å²) in [5.41, 5.74) is 7.67. The van der Waals surface area contributed by atoms with Crippen molar-refractivity contribution in [1.29, 1.82) is 0 Å². The summed E-state index contributed by atoms with van der Waals surface area (Å²) in [4.78, 5) is 33.9. The van der Waals surface area contributed by atoms with Gasteiger partial charge in [0, 0.05) is 75.4 Å². The molecule has 11 rings (SSSR count). The molecule has 0 amide bonds. The summed E-state index contributed by atoms with van der Waals surface area (Å²) in [7, 11) is 0. The third-order valence-corrected chi connectivity index (χ3v) is 11.3. The number of fused-ring (bicyclic) bond motifs is 6. The molecule has 0 fully saturated rings. The number of H-pyrrole nitrogens is 1. The van der Waals surface area contributed by atoms with Gasteiger partial charge in [-0.15, -0.1) is 11.3 Å². The van der Waals surface area contributed by atoms with Crippen LogP contribution in [0, 0.1) is 0 Å². The van der Waals surface area contributed by atoms with Crippen molar-refractivity contribution in [3.05, 3.63) is 170 Å². The number of nitrogens with one attached hydrogen (secondary N) is 1. The van der Waals surface area contributed by atoms with Crippen LogP contribution in [0.4, 0.5) is 0 Å². The van der Waals surface area contributed by atoms with Crippen molar-refractivity contribution in [3.8, 4) is 68.3 Å². The van der Waals surface area contributed by atoms with Crippen LogP contribution in [0.1, 0.15) is 0 Å². The van der Waals surface area contributed by atoms with Gasteiger partial charge < -0.3 is 4.98 Å². The average Bonchev–Trinajstić information content (AvgIpc) is 3.85. The van der Waals surface area contributed by atoms with Gasteiger partial charge in [0.1, 0.15) is 0 Å². The maximum Gasteiger partial charge on any atom is 0.164 e. The molecule has 0 aliphatic heterocycles. The fourth-order valence-corrected chi connectivity index (χ4v) is 8.54. The first kappa shape index (κ1) is 32.0. The van der Waals surface area contributed by atoms with Gasteiger partial charge in [-0.2, -0.15) is 0 Å². The number of nitrogens with zero attached hydrogens (tertiary/aromatic N) is 6. The van der Waals surface area contributed by atoms with Gasteiger partial charge in [0.25, 0.3) is 0 Å². The van der Waals surface area contributed by atoms with E-state index in [2.05, 4.69) is 77.8 Å². The number of aromatic amines is 1. The molecular weight excluding hydrogens is 707 g/mol. The van der Waals surface area contributed by atoms with Gasteiger partial charge >= 0.3 is 0 Å². The van der Waals surface area contributed by atoms with Crippen LogP contribution in [-0.4, -0.2) is 34.9 Å². The van der Waals surface area contributed by atoms with Crippen LogP contribution in [0.2, 0.25) is 0 Å². The molecule has 56 heavy (non-hydrogen) atoms. The van der Waals surface area contributed by atoms with Crippen molar-refractivity contribution in [1.82, 2.24) is 34.9 Å². The van der Waals surface area contributed by atoms with E-state index in [1.807, 2.05) is 97.1 Å². The van der Waals surface area contributed by atoms with Crippen molar-refractivity contribution < 1.29 is 0 Å². The molecule has 0 spiro atoms. The minimum atomic E-state index is 0.599. The van der Waals surface area contributed by atoms with E-state index in [0.717, 1.165) is 70.0 Å². The van der Waals surface area contributed by atoms with Gasteiger partial charge in [-0.3, -0.25) is 0 Å². The second-order valence-electron chi connectivity index (χ2n) is 13.6. The predicted molar refractivity (Wildman–Crippen MR) is 228 cm³/mol. The van der Waals surface area contributed by atoms with Gasteiger partial charge in [0.2, 0.25) is 0 Å². The fraction of sp³-hybridized carbons (Fsp3) is 0. The fourth-order valence-electron chi connectivity index (χ4n) is 7.43. The van der Waals surface area contributed by atoms with E-state index in [4.69, 9.17) is 29.9 Å². The molecule has 0 saturated heterocycles. The Labute approximate surface area is 325 Å². The lowest BCUT2D eigenvalue weighted by Gasteiger charge is -2.10. The Bertz CT molecular complexity index is 3190. The molecule has 0 aliphatic rings. The Kier molecular flexibility index (Phi) is 7.53. The molecule has 4 aromatic heterocycles. The molecule has 7 aromatic carbocycles. The number of hydrogen-bond donors (Lipinski definition) is 1. The van der Waals surface area contributed by atoms with Gasteiger partial charge in [0.05, 0.1) is 0 Å². The van der Waals surface area contributed by atoms with Crippen LogP contribution in [-0.2, 0) is 0 Å². The minimum Gasteiger partial charge on any atom is -0.354 e. The van der Waals surface area contributed by atoms with E-state index in [1.54, 1.807) is 11.3 Å². The molecular formula is C48H29N7S. The van der Waals surface area contributed by atoms with Gasteiger partial charge in [-0.25, -0.2) is 29.9 Å². The Morgan fingerprint density at radius 1 is 0.321 bits per heavy atom. The molecule has 8 heteroatoms. The monoisotopic (exact) mass is 735 g/mol. The summed E-state index contributed by atoms with van der Waals surface area (Å²) < 4.78 is 2.30. The van der Waals surface area contributed by atoms with Crippen molar-refractivity contribution in [3.63, 3.8) is 0 Å². The summed E-state index contributed by atoms with van der Waals surface area (Å²) in [5, 5.41) is 4.53. The molecule has 1 N–H and O–H groups in total. The number of benzene rings is 7. The number of aromatic nitrogens is 7. The largest absolute Gasteiger partial charge is 0.354 e. The quantitative estimate of drug-likeness (QED) is 0.183. The van der Waals surface area contributed by atoms with Crippen LogP contribution in [0.25, 0.3) is 110 Å². The molecule has 0 saturated carbocycles. The summed E-state index contributed by atoms with van der Waals surface area (Å²) in [6, 6.07) is 57.8. The average molecular weight is 736 g/mol. The number of hydrogen-bond acceptors (Lipinski definition) is 7. The smallest absolute Gasteiger partial charge is 0.164 e. The highest BCUT2D eigenvalue weighted by atomic mass is 32.1. The van der Waals surface area contributed by atoms with E-state index >= 15 is 0 Å². The Balaban J connectivity index is 1.09. The standard InChI is InChI=1S/C48H29N7S/c1-4-13-29(14-5-1)43-51-46(53-47(52-43)33-23-25-35-34-19-10-11-21-38(34)49-39(35)28-33)32-24-26-40-37(27-32)42-36(20-12-22-41(42)56-40)48-54-44(30-15-6-2-7-16-30)50-45(55-48)31-17-8-3-9-18-31/h1-28,49H. The third kappa shape index (κ3) is 5.59. The maximum atomic E-state index is 5.14. The van der Waals surface area contributed by atoms with Crippen molar-refractivity contribution in [2.75, 3.05) is 0 Å². The molecule has 11 aromatic rings. The summed E-state index contributed by atoms with van der Waals surface area (Å²) in [6.07, 6.45) is 0. The van der Waals surface area contributed by atoms with Crippen LogP contribution < -0.4 is 0 Å². The van der Waals surface area contributed by atoms with E-state index in [0.29, 0.717) is 34.9 Å². The van der Waals surface area contributed by atoms with E-state index < -0.39 is 0 Å². The molecule has 0 aliphatic carbocycles. The van der Waals surface area contributed by atoms with Crippen molar-refractivity contribution in [2.24, 2.45) is 0 Å². The van der Waals surface area contributed by atoms with Gasteiger partial charge in [0.15, 0.2) is 34.9 Å². The molecule has 0 atom stereocenters.